The van der Waals surface area contributed by atoms with Gasteiger partial charge < -0.3 is 9.15 Å². The van der Waals surface area contributed by atoms with Gasteiger partial charge in [0.05, 0.1) is 17.1 Å². The molecule has 0 saturated heterocycles. The summed E-state index contributed by atoms with van der Waals surface area (Å²) < 4.78 is 10.4. The van der Waals surface area contributed by atoms with Crippen LogP contribution in [0, 0.1) is 10.1 Å². The van der Waals surface area contributed by atoms with E-state index in [9.17, 15) is 24.5 Å². The number of Topliss-reactive ketones (excluding diaryl/α,β-unsaturated/α-hetero) is 2. The summed E-state index contributed by atoms with van der Waals surface area (Å²) in [5.74, 6) is -2.48. The average molecular weight is 419 g/mol. The van der Waals surface area contributed by atoms with Crippen LogP contribution in [0.25, 0.3) is 17.4 Å². The van der Waals surface area contributed by atoms with Crippen LogP contribution in [0.3, 0.4) is 0 Å². The standard InChI is InChI=1S/C23H17NO7/c1-2-30-23(27)22(26)19(21(25)15-7-4-3-5-8-15)14-18-11-12-20(31-18)16-9-6-10-17(13-16)24(28)29/h3-14H,2H2,1H3/b19-14-. The van der Waals surface area contributed by atoms with Gasteiger partial charge in [-0.05, 0) is 25.1 Å². The van der Waals surface area contributed by atoms with Gasteiger partial charge in [0, 0.05) is 23.3 Å². The number of hydrogen-bond acceptors (Lipinski definition) is 7. The Hall–Kier alpha value is -4.33. The predicted molar refractivity (Wildman–Crippen MR) is 111 cm³/mol. The van der Waals surface area contributed by atoms with Crippen LogP contribution in [0.1, 0.15) is 23.0 Å². The number of ether oxygens (including phenoxy) is 1. The maximum Gasteiger partial charge on any atom is 0.379 e. The highest BCUT2D eigenvalue weighted by atomic mass is 16.6. The summed E-state index contributed by atoms with van der Waals surface area (Å²) in [6.45, 7) is 1.53. The Morgan fingerprint density at radius 1 is 1.03 bits per heavy atom. The minimum absolute atomic E-state index is 0.0188. The summed E-state index contributed by atoms with van der Waals surface area (Å²) in [4.78, 5) is 47.9. The Morgan fingerprint density at radius 2 is 1.77 bits per heavy atom. The summed E-state index contributed by atoms with van der Waals surface area (Å²) in [6, 6.07) is 16.9. The lowest BCUT2D eigenvalue weighted by molar-refractivity contribution is -0.384. The number of nitrogens with zero attached hydrogens (tertiary/aromatic N) is 1. The maximum atomic E-state index is 12.9. The van der Waals surface area contributed by atoms with Crippen LogP contribution < -0.4 is 0 Å². The number of nitro groups is 1. The first-order chi connectivity index (χ1) is 14.9. The number of nitro benzene ring substituents is 1. The van der Waals surface area contributed by atoms with E-state index in [1.807, 2.05) is 0 Å². The van der Waals surface area contributed by atoms with E-state index >= 15 is 0 Å². The van der Waals surface area contributed by atoms with Crippen molar-refractivity contribution in [3.63, 3.8) is 0 Å². The molecule has 0 bridgehead atoms. The second-order valence-electron chi connectivity index (χ2n) is 6.31. The third-order valence-corrected chi connectivity index (χ3v) is 4.24. The lowest BCUT2D eigenvalue weighted by atomic mass is 9.99. The average Bonchev–Trinajstić information content (AvgIpc) is 3.26. The molecule has 0 N–H and O–H groups in total. The SMILES string of the molecule is CCOC(=O)C(=O)/C(=C\c1ccc(-c2cccc([N+](=O)[O-])c2)o1)C(=O)c1ccccc1. The monoisotopic (exact) mass is 419 g/mol. The normalized spacial score (nSPS) is 11.1. The van der Waals surface area contributed by atoms with Gasteiger partial charge in [-0.3, -0.25) is 19.7 Å². The van der Waals surface area contributed by atoms with Gasteiger partial charge in [-0.2, -0.15) is 0 Å². The van der Waals surface area contributed by atoms with E-state index in [0.29, 0.717) is 11.3 Å². The highest BCUT2D eigenvalue weighted by Crippen LogP contribution is 2.27. The molecule has 31 heavy (non-hydrogen) atoms. The largest absolute Gasteiger partial charge is 0.460 e. The topological polar surface area (TPSA) is 117 Å². The molecule has 1 heterocycles. The lowest BCUT2D eigenvalue weighted by Gasteiger charge is -2.05. The van der Waals surface area contributed by atoms with E-state index in [4.69, 9.17) is 9.15 Å². The van der Waals surface area contributed by atoms with Crippen molar-refractivity contribution in [3.8, 4) is 11.3 Å². The number of rotatable bonds is 8. The van der Waals surface area contributed by atoms with E-state index in [-0.39, 0.29) is 23.6 Å². The molecule has 8 nitrogen and oxygen atoms in total. The first-order valence-corrected chi connectivity index (χ1v) is 9.28. The number of benzene rings is 2. The second kappa shape index (κ2) is 9.45. The number of carbonyl (C=O) groups excluding carboxylic acids is 3. The third-order valence-electron chi connectivity index (χ3n) is 4.24. The zero-order valence-electron chi connectivity index (χ0n) is 16.4. The Balaban J connectivity index is 2.00. The van der Waals surface area contributed by atoms with Gasteiger partial charge in [0.2, 0.25) is 0 Å². The quantitative estimate of drug-likeness (QED) is 0.0783. The van der Waals surface area contributed by atoms with E-state index in [2.05, 4.69) is 0 Å². The number of non-ortho nitro benzene ring substituents is 1. The molecule has 156 valence electrons. The van der Waals surface area contributed by atoms with Crippen molar-refractivity contribution in [1.29, 1.82) is 0 Å². The van der Waals surface area contributed by atoms with Gasteiger partial charge >= 0.3 is 5.97 Å². The summed E-state index contributed by atoms with van der Waals surface area (Å²) in [7, 11) is 0. The highest BCUT2D eigenvalue weighted by Gasteiger charge is 2.27. The Kier molecular flexibility index (Phi) is 6.51. The minimum Gasteiger partial charge on any atom is -0.460 e. The molecule has 0 amide bonds. The zero-order valence-corrected chi connectivity index (χ0v) is 16.4. The molecular formula is C23H17NO7. The van der Waals surface area contributed by atoms with Crippen molar-refractivity contribution in [2.75, 3.05) is 6.61 Å². The Bertz CT molecular complexity index is 1180. The number of hydrogen-bond donors (Lipinski definition) is 0. The van der Waals surface area contributed by atoms with Gasteiger partial charge in [-0.25, -0.2) is 4.79 Å². The molecule has 2 aromatic carbocycles. The van der Waals surface area contributed by atoms with Crippen LogP contribution in [0.2, 0.25) is 0 Å². The summed E-state index contributed by atoms with van der Waals surface area (Å²) in [5, 5.41) is 11.0. The number of esters is 1. The van der Waals surface area contributed by atoms with Crippen LogP contribution in [0.4, 0.5) is 5.69 Å². The first-order valence-electron chi connectivity index (χ1n) is 9.28. The molecule has 0 unspecified atom stereocenters. The molecule has 3 aromatic rings. The van der Waals surface area contributed by atoms with Crippen molar-refractivity contribution >= 4 is 29.3 Å². The second-order valence-corrected chi connectivity index (χ2v) is 6.31. The smallest absolute Gasteiger partial charge is 0.379 e. The molecule has 0 radical (unpaired) electrons. The third kappa shape index (κ3) is 4.99. The fourth-order valence-electron chi connectivity index (χ4n) is 2.79. The molecule has 0 atom stereocenters. The van der Waals surface area contributed by atoms with E-state index in [1.165, 1.54) is 36.4 Å². The predicted octanol–water partition coefficient (Wildman–Crippen LogP) is 4.25. The van der Waals surface area contributed by atoms with Crippen molar-refractivity contribution in [2.45, 2.75) is 6.92 Å². The van der Waals surface area contributed by atoms with Gasteiger partial charge in [0.1, 0.15) is 11.5 Å². The molecule has 0 aliphatic heterocycles. The summed E-state index contributed by atoms with van der Waals surface area (Å²) >= 11 is 0. The molecule has 0 aliphatic carbocycles. The molecule has 1 aromatic heterocycles. The number of ketones is 2. The van der Waals surface area contributed by atoms with Crippen molar-refractivity contribution in [1.82, 2.24) is 0 Å². The van der Waals surface area contributed by atoms with Gasteiger partial charge in [-0.15, -0.1) is 0 Å². The van der Waals surface area contributed by atoms with Gasteiger partial charge in [-0.1, -0.05) is 42.5 Å². The number of carbonyl (C=O) groups is 3. The fourth-order valence-corrected chi connectivity index (χ4v) is 2.79. The van der Waals surface area contributed by atoms with Crippen LogP contribution >= 0.6 is 0 Å². The lowest BCUT2D eigenvalue weighted by Crippen LogP contribution is -2.24. The van der Waals surface area contributed by atoms with Crippen LogP contribution in [-0.4, -0.2) is 29.1 Å². The van der Waals surface area contributed by atoms with E-state index in [0.717, 1.165) is 6.08 Å². The minimum atomic E-state index is -1.15. The molecule has 0 spiro atoms. The van der Waals surface area contributed by atoms with Gasteiger partial charge in [0.25, 0.3) is 11.5 Å². The van der Waals surface area contributed by atoms with Gasteiger partial charge in [0.15, 0.2) is 5.78 Å². The van der Waals surface area contributed by atoms with Crippen molar-refractivity contribution < 1.29 is 28.5 Å². The molecule has 8 heteroatoms. The van der Waals surface area contributed by atoms with E-state index < -0.39 is 28.0 Å². The van der Waals surface area contributed by atoms with Crippen LogP contribution in [0.15, 0.2) is 76.7 Å². The number of furan rings is 1. The summed E-state index contributed by atoms with van der Waals surface area (Å²) in [6.07, 6.45) is 1.16. The zero-order chi connectivity index (χ0) is 22.4. The van der Waals surface area contributed by atoms with E-state index in [1.54, 1.807) is 37.3 Å². The van der Waals surface area contributed by atoms with Crippen LogP contribution in [0.5, 0.6) is 0 Å². The Morgan fingerprint density at radius 3 is 2.45 bits per heavy atom. The van der Waals surface area contributed by atoms with Crippen LogP contribution in [-0.2, 0) is 14.3 Å². The Labute approximate surface area is 176 Å². The molecular weight excluding hydrogens is 402 g/mol. The molecule has 0 fully saturated rings. The van der Waals surface area contributed by atoms with Crippen molar-refractivity contribution in [2.24, 2.45) is 0 Å². The maximum absolute atomic E-state index is 12.9. The molecule has 3 rings (SSSR count). The first kappa shape index (κ1) is 21.4. The summed E-state index contributed by atoms with van der Waals surface area (Å²) in [5.41, 5.74) is 0.145. The fraction of sp³-hybridized carbons (Fsp3) is 0.0870. The molecule has 0 saturated carbocycles. The van der Waals surface area contributed by atoms with Crippen molar-refractivity contribution in [3.05, 3.63) is 93.7 Å². The molecule has 0 aliphatic rings. The highest BCUT2D eigenvalue weighted by molar-refractivity contribution is 6.50.